The fourth-order valence-corrected chi connectivity index (χ4v) is 2.62. The summed E-state index contributed by atoms with van der Waals surface area (Å²) in [7, 11) is 0. The van der Waals surface area contributed by atoms with Crippen molar-refractivity contribution in [3.63, 3.8) is 0 Å². The molecule has 0 aliphatic carbocycles. The molecule has 7 heteroatoms. The van der Waals surface area contributed by atoms with E-state index in [-0.39, 0.29) is 18.6 Å². The normalized spacial score (nSPS) is 16.9. The Bertz CT molecular complexity index is 767. The monoisotopic (exact) mass is 316 g/mol. The van der Waals surface area contributed by atoms with Crippen molar-refractivity contribution in [2.24, 2.45) is 0 Å². The van der Waals surface area contributed by atoms with Crippen LogP contribution in [0.25, 0.3) is 11.3 Å². The van der Waals surface area contributed by atoms with Gasteiger partial charge in [-0.1, -0.05) is 0 Å². The SMILES string of the molecule is O=c1ccc(-c2ccc3c(c2)OCO3)nn1CCC1OCCO1. The van der Waals surface area contributed by atoms with Crippen molar-refractivity contribution < 1.29 is 18.9 Å². The van der Waals surface area contributed by atoms with Gasteiger partial charge < -0.3 is 18.9 Å². The predicted molar refractivity (Wildman–Crippen MR) is 80.4 cm³/mol. The van der Waals surface area contributed by atoms with Crippen molar-refractivity contribution in [3.05, 3.63) is 40.7 Å². The first-order valence-corrected chi connectivity index (χ1v) is 7.51. The lowest BCUT2D eigenvalue weighted by Gasteiger charge is -2.11. The summed E-state index contributed by atoms with van der Waals surface area (Å²) in [5, 5.41) is 4.43. The van der Waals surface area contributed by atoms with Gasteiger partial charge in [-0.2, -0.15) is 5.10 Å². The standard InChI is InChI=1S/C16H16N2O5/c19-15-4-2-12(11-1-3-13-14(9-11)23-10-22-13)17-18(15)6-5-16-20-7-8-21-16/h1-4,9,16H,5-8,10H2. The molecule has 120 valence electrons. The number of fused-ring (bicyclic) bond motifs is 1. The van der Waals surface area contributed by atoms with E-state index in [4.69, 9.17) is 18.9 Å². The van der Waals surface area contributed by atoms with Crippen LogP contribution in [0.5, 0.6) is 11.5 Å². The summed E-state index contributed by atoms with van der Waals surface area (Å²) in [5.41, 5.74) is 1.43. The molecule has 0 saturated carbocycles. The van der Waals surface area contributed by atoms with Crippen LogP contribution >= 0.6 is 0 Å². The van der Waals surface area contributed by atoms with Gasteiger partial charge in [-0.15, -0.1) is 0 Å². The Kier molecular flexibility index (Phi) is 3.72. The van der Waals surface area contributed by atoms with Crippen LogP contribution in [0.3, 0.4) is 0 Å². The molecule has 0 N–H and O–H groups in total. The average molecular weight is 316 g/mol. The zero-order chi connectivity index (χ0) is 15.6. The summed E-state index contributed by atoms with van der Waals surface area (Å²) in [6, 6.07) is 8.83. The Hall–Kier alpha value is -2.38. The van der Waals surface area contributed by atoms with Gasteiger partial charge in [0.2, 0.25) is 6.79 Å². The van der Waals surface area contributed by atoms with E-state index in [0.717, 1.165) is 11.3 Å². The van der Waals surface area contributed by atoms with Crippen LogP contribution in [-0.2, 0) is 16.0 Å². The molecule has 1 aromatic heterocycles. The maximum atomic E-state index is 12.0. The predicted octanol–water partition coefficient (Wildman–Crippen LogP) is 1.40. The zero-order valence-corrected chi connectivity index (χ0v) is 12.4. The van der Waals surface area contributed by atoms with Gasteiger partial charge in [-0.25, -0.2) is 4.68 Å². The van der Waals surface area contributed by atoms with Crippen molar-refractivity contribution in [1.82, 2.24) is 9.78 Å². The molecule has 0 unspecified atom stereocenters. The van der Waals surface area contributed by atoms with Crippen molar-refractivity contribution in [1.29, 1.82) is 0 Å². The third-order valence-electron chi connectivity index (χ3n) is 3.80. The molecule has 0 atom stereocenters. The molecule has 1 aromatic carbocycles. The van der Waals surface area contributed by atoms with E-state index >= 15 is 0 Å². The van der Waals surface area contributed by atoms with Crippen LogP contribution in [-0.4, -0.2) is 36.1 Å². The van der Waals surface area contributed by atoms with Gasteiger partial charge in [0.05, 0.1) is 18.9 Å². The highest BCUT2D eigenvalue weighted by Gasteiger charge is 2.17. The summed E-state index contributed by atoms with van der Waals surface area (Å²) in [5.74, 6) is 1.41. The van der Waals surface area contributed by atoms with Gasteiger partial charge in [0.25, 0.3) is 5.56 Å². The number of hydrogen-bond acceptors (Lipinski definition) is 6. The first kappa shape index (κ1) is 14.2. The molecule has 1 saturated heterocycles. The van der Waals surface area contributed by atoms with E-state index in [0.29, 0.717) is 37.6 Å². The topological polar surface area (TPSA) is 71.8 Å². The molecular weight excluding hydrogens is 300 g/mol. The van der Waals surface area contributed by atoms with Crippen molar-refractivity contribution >= 4 is 0 Å². The quantitative estimate of drug-likeness (QED) is 0.849. The van der Waals surface area contributed by atoms with Crippen LogP contribution in [0.2, 0.25) is 0 Å². The lowest BCUT2D eigenvalue weighted by molar-refractivity contribution is -0.0497. The Morgan fingerprint density at radius 1 is 1.09 bits per heavy atom. The molecule has 0 amide bonds. The fourth-order valence-electron chi connectivity index (χ4n) is 2.62. The maximum absolute atomic E-state index is 12.0. The molecule has 4 rings (SSSR count). The number of aromatic nitrogens is 2. The molecule has 7 nitrogen and oxygen atoms in total. The van der Waals surface area contributed by atoms with Crippen LogP contribution in [0.4, 0.5) is 0 Å². The minimum Gasteiger partial charge on any atom is -0.454 e. The van der Waals surface area contributed by atoms with E-state index in [2.05, 4.69) is 5.10 Å². The van der Waals surface area contributed by atoms with Crippen LogP contribution in [0, 0.1) is 0 Å². The van der Waals surface area contributed by atoms with Gasteiger partial charge in [-0.05, 0) is 24.3 Å². The highest BCUT2D eigenvalue weighted by Crippen LogP contribution is 2.35. The van der Waals surface area contributed by atoms with Gasteiger partial charge in [-0.3, -0.25) is 4.79 Å². The van der Waals surface area contributed by atoms with Crippen molar-refractivity contribution in [2.75, 3.05) is 20.0 Å². The summed E-state index contributed by atoms with van der Waals surface area (Å²) in [4.78, 5) is 12.0. The van der Waals surface area contributed by atoms with E-state index < -0.39 is 0 Å². The second-order valence-corrected chi connectivity index (χ2v) is 5.31. The molecule has 0 spiro atoms. The summed E-state index contributed by atoms with van der Waals surface area (Å²) in [6.45, 7) is 1.88. The summed E-state index contributed by atoms with van der Waals surface area (Å²) >= 11 is 0. The van der Waals surface area contributed by atoms with Gasteiger partial charge in [0.1, 0.15) is 0 Å². The minimum atomic E-state index is -0.252. The Labute approximate surface area is 132 Å². The third kappa shape index (κ3) is 2.93. The van der Waals surface area contributed by atoms with E-state index in [1.54, 1.807) is 6.07 Å². The Morgan fingerprint density at radius 2 is 1.91 bits per heavy atom. The van der Waals surface area contributed by atoms with Gasteiger partial charge in [0, 0.05) is 24.6 Å². The third-order valence-corrected chi connectivity index (χ3v) is 3.80. The average Bonchev–Trinajstić information content (AvgIpc) is 3.24. The van der Waals surface area contributed by atoms with E-state index in [9.17, 15) is 4.79 Å². The molecule has 2 aliphatic rings. The molecule has 2 aliphatic heterocycles. The Balaban J connectivity index is 1.57. The number of rotatable bonds is 4. The second-order valence-electron chi connectivity index (χ2n) is 5.31. The van der Waals surface area contributed by atoms with Crippen LogP contribution < -0.4 is 15.0 Å². The number of benzene rings is 1. The molecule has 2 aromatic rings. The van der Waals surface area contributed by atoms with E-state index in [1.165, 1.54) is 10.7 Å². The molecular formula is C16H16N2O5. The molecule has 3 heterocycles. The molecule has 0 bridgehead atoms. The second kappa shape index (κ2) is 6.02. The first-order chi connectivity index (χ1) is 11.3. The van der Waals surface area contributed by atoms with E-state index in [1.807, 2.05) is 18.2 Å². The smallest absolute Gasteiger partial charge is 0.266 e. The fraction of sp³-hybridized carbons (Fsp3) is 0.375. The lowest BCUT2D eigenvalue weighted by Crippen LogP contribution is -2.24. The number of hydrogen-bond donors (Lipinski definition) is 0. The highest BCUT2D eigenvalue weighted by atomic mass is 16.7. The minimum absolute atomic E-state index is 0.146. The van der Waals surface area contributed by atoms with Gasteiger partial charge in [0.15, 0.2) is 17.8 Å². The number of aryl methyl sites for hydroxylation is 1. The first-order valence-electron chi connectivity index (χ1n) is 7.51. The largest absolute Gasteiger partial charge is 0.454 e. The van der Waals surface area contributed by atoms with Crippen molar-refractivity contribution in [3.8, 4) is 22.8 Å². The molecule has 0 radical (unpaired) electrons. The number of nitrogens with zero attached hydrogens (tertiary/aromatic N) is 2. The van der Waals surface area contributed by atoms with Crippen LogP contribution in [0.1, 0.15) is 6.42 Å². The van der Waals surface area contributed by atoms with Gasteiger partial charge >= 0.3 is 0 Å². The summed E-state index contributed by atoms with van der Waals surface area (Å²) in [6.07, 6.45) is 0.343. The molecule has 23 heavy (non-hydrogen) atoms. The van der Waals surface area contributed by atoms with Crippen LogP contribution in [0.15, 0.2) is 35.1 Å². The number of ether oxygens (including phenoxy) is 4. The van der Waals surface area contributed by atoms with Crippen molar-refractivity contribution in [2.45, 2.75) is 19.3 Å². The molecule has 1 fully saturated rings. The summed E-state index contributed by atoms with van der Waals surface area (Å²) < 4.78 is 22.9. The zero-order valence-electron chi connectivity index (χ0n) is 12.4. The Morgan fingerprint density at radius 3 is 2.78 bits per heavy atom. The highest BCUT2D eigenvalue weighted by molar-refractivity contribution is 5.63. The maximum Gasteiger partial charge on any atom is 0.266 e. The lowest BCUT2D eigenvalue weighted by atomic mass is 10.1.